The molecule has 0 radical (unpaired) electrons. The van der Waals surface area contributed by atoms with Crippen LogP contribution in [0.2, 0.25) is 0 Å². The number of nitrogen functional groups attached to an aromatic ring is 1. The average Bonchev–Trinajstić information content (AvgIpc) is 3.57. The normalized spacial score (nSPS) is 18.9. The van der Waals surface area contributed by atoms with Gasteiger partial charge in [0, 0.05) is 22.4 Å². The van der Waals surface area contributed by atoms with Crippen LogP contribution in [0.1, 0.15) is 11.3 Å². The second kappa shape index (κ2) is 11.1. The minimum Gasteiger partial charge on any atom is -0.481 e. The summed E-state index contributed by atoms with van der Waals surface area (Å²) in [6.07, 6.45) is -0.331. The van der Waals surface area contributed by atoms with Gasteiger partial charge < -0.3 is 26.1 Å². The number of nitrogens with zero attached hydrogens (tertiary/aromatic N) is 8. The number of amides is 2. The SMILES string of the molecule is CON=C(C(=O)NC1C(=O)N2C(C(=O)O)=C(CSc3cc(CC(=O)O)c4nnnn4n3)CS[C@H]12)c1csc(N)n1. The monoisotopic (exact) mass is 606 g/mol. The Balaban J connectivity index is 1.32. The van der Waals surface area contributed by atoms with Crippen molar-refractivity contribution in [3.8, 4) is 0 Å². The molecule has 5 N–H and O–H groups in total. The van der Waals surface area contributed by atoms with Crippen LogP contribution in [0, 0.1) is 0 Å². The predicted octanol–water partition coefficient (Wildman–Crippen LogP) is -0.933. The number of nitrogens with two attached hydrogens (primary N) is 1. The molecule has 20 heteroatoms. The first kappa shape index (κ1) is 27.3. The molecule has 0 spiro atoms. The molecule has 40 heavy (non-hydrogen) atoms. The number of oxime groups is 1. The smallest absolute Gasteiger partial charge is 0.352 e. The number of carbonyl (C=O) groups excluding carboxylic acids is 2. The maximum Gasteiger partial charge on any atom is 0.352 e. The standard InChI is InChI=1S/C20H18N10O7S3/c1-37-26-12(9-6-40-20(21)22-9)16(33)23-13-17(34)29-14(19(35)36)8(5-39-18(13)29)4-38-10-2-7(3-11(31)32)15-24-27-28-30(15)25-10/h2,6,13,18H,3-5H2,1H3,(H2,21,22)(H,23,33)(H,31,32)(H,35,36)/t13?,18-/m1/s1. The van der Waals surface area contributed by atoms with Gasteiger partial charge in [0.15, 0.2) is 10.8 Å². The molecule has 5 heterocycles. The van der Waals surface area contributed by atoms with E-state index in [0.717, 1.165) is 32.6 Å². The Bertz CT molecular complexity index is 1600. The van der Waals surface area contributed by atoms with Gasteiger partial charge in [-0.1, -0.05) is 5.16 Å². The minimum absolute atomic E-state index is 0.144. The summed E-state index contributed by atoms with van der Waals surface area (Å²) < 4.78 is 1.10. The lowest BCUT2D eigenvalue weighted by Crippen LogP contribution is -2.71. The summed E-state index contributed by atoms with van der Waals surface area (Å²) in [5.74, 6) is -3.30. The van der Waals surface area contributed by atoms with Gasteiger partial charge in [0.05, 0.1) is 6.42 Å². The molecule has 208 valence electrons. The molecule has 0 saturated carbocycles. The number of fused-ring (bicyclic) bond motifs is 2. The van der Waals surface area contributed by atoms with Crippen molar-refractivity contribution in [3.05, 3.63) is 34.0 Å². The molecular weight excluding hydrogens is 588 g/mol. The number of hydrogen-bond donors (Lipinski definition) is 4. The van der Waals surface area contributed by atoms with Crippen molar-refractivity contribution in [2.24, 2.45) is 5.16 Å². The molecular formula is C20H18N10O7S3. The van der Waals surface area contributed by atoms with Crippen LogP contribution in [0.25, 0.3) is 5.65 Å². The van der Waals surface area contributed by atoms with Crippen molar-refractivity contribution < 1.29 is 34.2 Å². The lowest BCUT2D eigenvalue weighted by Gasteiger charge is -2.49. The number of thioether (sulfide) groups is 2. The number of β-lactam (4-membered cyclic amide) rings is 1. The molecule has 5 rings (SSSR count). The van der Waals surface area contributed by atoms with Gasteiger partial charge in [0.2, 0.25) is 5.65 Å². The van der Waals surface area contributed by atoms with Gasteiger partial charge in [-0.3, -0.25) is 19.3 Å². The fraction of sp³-hybridized carbons (Fsp3) is 0.300. The first-order valence-corrected chi connectivity index (χ1v) is 14.1. The Kier molecular flexibility index (Phi) is 7.54. The van der Waals surface area contributed by atoms with E-state index in [2.05, 4.69) is 36.1 Å². The first-order valence-electron chi connectivity index (χ1n) is 11.1. The van der Waals surface area contributed by atoms with E-state index >= 15 is 0 Å². The molecule has 2 amide bonds. The van der Waals surface area contributed by atoms with Crippen molar-refractivity contribution in [2.75, 3.05) is 24.3 Å². The molecule has 2 aliphatic heterocycles. The summed E-state index contributed by atoms with van der Waals surface area (Å²) in [5, 5.41) is 42.1. The lowest BCUT2D eigenvalue weighted by molar-refractivity contribution is -0.150. The van der Waals surface area contributed by atoms with Gasteiger partial charge >= 0.3 is 11.9 Å². The number of aromatic nitrogens is 6. The van der Waals surface area contributed by atoms with Crippen molar-refractivity contribution in [2.45, 2.75) is 22.9 Å². The summed E-state index contributed by atoms with van der Waals surface area (Å²) in [6.45, 7) is 0. The number of tetrazole rings is 1. The Morgan fingerprint density at radius 1 is 1.35 bits per heavy atom. The topological polar surface area (TPSA) is 240 Å². The highest BCUT2D eigenvalue weighted by molar-refractivity contribution is 8.01. The van der Waals surface area contributed by atoms with Gasteiger partial charge in [0.1, 0.15) is 34.9 Å². The minimum atomic E-state index is -1.30. The zero-order valence-electron chi connectivity index (χ0n) is 20.2. The number of hydrogen-bond acceptors (Lipinski definition) is 15. The van der Waals surface area contributed by atoms with Crippen LogP contribution in [-0.4, -0.2) is 105 Å². The van der Waals surface area contributed by atoms with E-state index in [1.165, 1.54) is 30.3 Å². The second-order valence-corrected chi connectivity index (χ2v) is 11.2. The zero-order valence-corrected chi connectivity index (χ0v) is 22.7. The quantitative estimate of drug-likeness (QED) is 0.0943. The number of rotatable bonds is 10. The number of anilines is 1. The van der Waals surface area contributed by atoms with Gasteiger partial charge in [-0.05, 0) is 22.1 Å². The Morgan fingerprint density at radius 2 is 2.15 bits per heavy atom. The third-order valence-electron chi connectivity index (χ3n) is 5.67. The Morgan fingerprint density at radius 3 is 2.83 bits per heavy atom. The Labute approximate surface area is 235 Å². The molecule has 3 aromatic rings. The summed E-state index contributed by atoms with van der Waals surface area (Å²) in [4.78, 5) is 59.3. The van der Waals surface area contributed by atoms with Gasteiger partial charge in [-0.25, -0.2) is 9.78 Å². The molecule has 1 unspecified atom stereocenters. The number of carboxylic acids is 2. The van der Waals surface area contributed by atoms with E-state index in [1.54, 1.807) is 0 Å². The van der Waals surface area contributed by atoms with Crippen molar-refractivity contribution in [3.63, 3.8) is 0 Å². The average molecular weight is 607 g/mol. The fourth-order valence-electron chi connectivity index (χ4n) is 4.00. The molecule has 0 aromatic carbocycles. The number of carboxylic acid groups (broad SMARTS) is 2. The van der Waals surface area contributed by atoms with Crippen LogP contribution in [0.4, 0.5) is 5.13 Å². The van der Waals surface area contributed by atoms with E-state index in [4.69, 9.17) is 10.6 Å². The van der Waals surface area contributed by atoms with Crippen LogP contribution in [0.15, 0.2) is 32.9 Å². The van der Waals surface area contributed by atoms with E-state index in [9.17, 15) is 29.4 Å². The van der Waals surface area contributed by atoms with Gasteiger partial charge in [-0.2, -0.15) is 0 Å². The van der Waals surface area contributed by atoms with Crippen molar-refractivity contribution in [1.29, 1.82) is 0 Å². The highest BCUT2D eigenvalue weighted by atomic mass is 32.2. The molecule has 1 saturated heterocycles. The van der Waals surface area contributed by atoms with Gasteiger partial charge in [0.25, 0.3) is 11.8 Å². The molecule has 0 bridgehead atoms. The summed E-state index contributed by atoms with van der Waals surface area (Å²) >= 11 is 3.54. The van der Waals surface area contributed by atoms with E-state index in [0.29, 0.717) is 16.2 Å². The number of aliphatic carboxylic acids is 2. The lowest BCUT2D eigenvalue weighted by atomic mass is 10.0. The van der Waals surface area contributed by atoms with E-state index < -0.39 is 35.2 Å². The molecule has 2 aliphatic rings. The van der Waals surface area contributed by atoms with Gasteiger partial charge in [-0.15, -0.1) is 49.7 Å². The fourth-order valence-corrected chi connectivity index (χ4v) is 6.94. The summed E-state index contributed by atoms with van der Waals surface area (Å²) in [7, 11) is 1.25. The summed E-state index contributed by atoms with van der Waals surface area (Å²) in [6, 6.07) is 0.529. The summed E-state index contributed by atoms with van der Waals surface area (Å²) in [5.41, 5.74) is 6.45. The third-order valence-corrected chi connectivity index (χ3v) is 8.67. The molecule has 0 aliphatic carbocycles. The van der Waals surface area contributed by atoms with Crippen LogP contribution < -0.4 is 11.1 Å². The number of carbonyl (C=O) groups is 4. The van der Waals surface area contributed by atoms with Crippen LogP contribution in [0.3, 0.4) is 0 Å². The Hall–Kier alpha value is -4.30. The van der Waals surface area contributed by atoms with Crippen molar-refractivity contribution in [1.82, 2.24) is 40.5 Å². The maximum absolute atomic E-state index is 13.0. The van der Waals surface area contributed by atoms with Crippen molar-refractivity contribution >= 4 is 75.1 Å². The van der Waals surface area contributed by atoms with Crippen LogP contribution in [-0.2, 0) is 30.4 Å². The second-order valence-electron chi connectivity index (χ2n) is 8.17. The molecule has 1 fully saturated rings. The number of thiazole rings is 1. The highest BCUT2D eigenvalue weighted by Crippen LogP contribution is 2.41. The largest absolute Gasteiger partial charge is 0.481 e. The highest BCUT2D eigenvalue weighted by Gasteiger charge is 2.54. The van der Waals surface area contributed by atoms with E-state index in [-0.39, 0.29) is 45.8 Å². The third kappa shape index (κ3) is 5.14. The van der Waals surface area contributed by atoms with Crippen LogP contribution in [0.5, 0.6) is 0 Å². The molecule has 3 aromatic heterocycles. The zero-order chi connectivity index (χ0) is 28.6. The molecule has 2 atom stereocenters. The van der Waals surface area contributed by atoms with E-state index in [1.807, 2.05) is 0 Å². The number of nitrogens with one attached hydrogen (secondary N) is 1. The maximum atomic E-state index is 13.0. The molecule has 17 nitrogen and oxygen atoms in total. The predicted molar refractivity (Wildman–Crippen MR) is 140 cm³/mol. The first-order chi connectivity index (χ1) is 19.2. The van der Waals surface area contributed by atoms with Crippen LogP contribution >= 0.6 is 34.9 Å².